The summed E-state index contributed by atoms with van der Waals surface area (Å²) >= 11 is 0. The number of nitrogens with zero attached hydrogens (tertiary/aromatic N) is 2. The summed E-state index contributed by atoms with van der Waals surface area (Å²) in [5.74, 6) is 0. The molecule has 0 saturated heterocycles. The van der Waals surface area contributed by atoms with E-state index in [-0.39, 0.29) is 0 Å². The van der Waals surface area contributed by atoms with Crippen molar-refractivity contribution >= 4 is 48.6 Å². The van der Waals surface area contributed by atoms with Crippen LogP contribution in [0.5, 0.6) is 0 Å². The number of aryl methyl sites for hydroxylation is 1. The highest BCUT2D eigenvalue weighted by molar-refractivity contribution is 7.09. The van der Waals surface area contributed by atoms with Crippen LogP contribution in [0.25, 0.3) is 0 Å². The molecular weight excluding hydrogens is 553 g/mol. The van der Waals surface area contributed by atoms with Crippen molar-refractivity contribution < 1.29 is 0 Å². The minimum atomic E-state index is -2.72. The number of benzene rings is 6. The average Bonchev–Trinajstić information content (AvgIpc) is 3.09. The number of hydrogen-bond acceptors (Lipinski definition) is 2. The Kier molecular flexibility index (Phi) is 8.14. The van der Waals surface area contributed by atoms with E-state index < -0.39 is 16.5 Å². The van der Waals surface area contributed by atoms with Gasteiger partial charge >= 0.3 is 0 Å². The highest BCUT2D eigenvalue weighted by Gasteiger charge is 2.50. The van der Waals surface area contributed by atoms with Crippen molar-refractivity contribution in [2.24, 2.45) is 0 Å². The average molecular weight is 591 g/mol. The van der Waals surface area contributed by atoms with Gasteiger partial charge in [0.2, 0.25) is 16.5 Å². The number of hydrazine groups is 1. The Morgan fingerprint density at radius 1 is 0.326 bits per heavy atom. The lowest BCUT2D eigenvalue weighted by Crippen LogP contribution is -2.82. The summed E-state index contributed by atoms with van der Waals surface area (Å²) in [6.07, 6.45) is 0. The second-order valence-corrected chi connectivity index (χ2v) is 18.8. The molecule has 4 heteroatoms. The second-order valence-electron chi connectivity index (χ2n) is 11.4. The second kappa shape index (κ2) is 12.3. The monoisotopic (exact) mass is 590 g/mol. The van der Waals surface area contributed by atoms with Crippen LogP contribution in [0.3, 0.4) is 0 Å². The van der Waals surface area contributed by atoms with Crippen molar-refractivity contribution in [3.8, 4) is 0 Å². The topological polar surface area (TPSA) is 6.48 Å². The SMILES string of the molecule is Cc1ccc(N(N(c2ccccc2)[Si](C)(c2ccccc2)c2ccccc2)[Si](C)(c2ccccc2)c2ccccc2)cc1. The van der Waals surface area contributed by atoms with Gasteiger partial charge in [-0.15, -0.1) is 0 Å². The van der Waals surface area contributed by atoms with E-state index in [1.165, 1.54) is 37.7 Å². The Bertz CT molecular complexity index is 1650. The molecule has 2 nitrogen and oxygen atoms in total. The third-order valence-electron chi connectivity index (χ3n) is 8.67. The van der Waals surface area contributed by atoms with Gasteiger partial charge in [-0.3, -0.25) is 0 Å². The van der Waals surface area contributed by atoms with Gasteiger partial charge in [0.25, 0.3) is 0 Å². The molecule has 0 atom stereocenters. The standard InChI is InChI=1S/C39H38N2Si2/c1-33-29-31-35(32-30-33)41(43(3,38-25-15-7-16-26-38)39-27-17-8-18-28-39)40(34-19-9-4-10-20-34)42(2,36-21-11-5-12-22-36)37-23-13-6-14-24-37/h4-32H,1-3H3. The molecule has 6 aromatic rings. The summed E-state index contributed by atoms with van der Waals surface area (Å²) in [6, 6.07) is 64.8. The maximum Gasteiger partial charge on any atom is 0.240 e. The van der Waals surface area contributed by atoms with Crippen molar-refractivity contribution in [1.29, 1.82) is 0 Å². The Hall–Kier alpha value is -4.65. The third-order valence-corrected chi connectivity index (χ3v) is 17.3. The van der Waals surface area contributed by atoms with E-state index in [1.807, 2.05) is 0 Å². The summed E-state index contributed by atoms with van der Waals surface area (Å²) in [4.78, 5) is 0. The molecule has 0 radical (unpaired) electrons. The molecule has 6 rings (SSSR count). The lowest BCUT2D eigenvalue weighted by atomic mass is 10.2. The van der Waals surface area contributed by atoms with Gasteiger partial charge in [-0.2, -0.15) is 0 Å². The third kappa shape index (κ3) is 5.36. The predicted molar refractivity (Wildman–Crippen MR) is 190 cm³/mol. The zero-order chi connectivity index (χ0) is 29.7. The molecule has 0 aromatic heterocycles. The molecule has 0 heterocycles. The van der Waals surface area contributed by atoms with Crippen LogP contribution in [0, 0.1) is 6.92 Å². The summed E-state index contributed by atoms with van der Waals surface area (Å²) in [7, 11) is -5.43. The quantitative estimate of drug-likeness (QED) is 0.132. The molecule has 0 N–H and O–H groups in total. The minimum Gasteiger partial charge on any atom is -0.310 e. The normalized spacial score (nSPS) is 11.6. The molecule has 0 aliphatic carbocycles. The zero-order valence-corrected chi connectivity index (χ0v) is 27.1. The Morgan fingerprint density at radius 2 is 0.581 bits per heavy atom. The molecule has 0 aliphatic rings. The van der Waals surface area contributed by atoms with Gasteiger partial charge < -0.3 is 9.35 Å². The van der Waals surface area contributed by atoms with Gasteiger partial charge in [0.05, 0.1) is 0 Å². The van der Waals surface area contributed by atoms with E-state index in [4.69, 9.17) is 0 Å². The maximum atomic E-state index is 2.72. The zero-order valence-electron chi connectivity index (χ0n) is 25.1. The first-order chi connectivity index (χ1) is 21.0. The molecule has 6 aromatic carbocycles. The maximum absolute atomic E-state index is 2.72. The van der Waals surface area contributed by atoms with Crippen molar-refractivity contribution in [3.05, 3.63) is 181 Å². The van der Waals surface area contributed by atoms with E-state index in [1.54, 1.807) is 0 Å². The number of anilines is 2. The summed E-state index contributed by atoms with van der Waals surface area (Å²) in [5, 5.41) is 5.44. The van der Waals surface area contributed by atoms with Gasteiger partial charge in [-0.25, -0.2) is 0 Å². The van der Waals surface area contributed by atoms with Gasteiger partial charge in [-0.05, 0) is 65.0 Å². The first-order valence-electron chi connectivity index (χ1n) is 15.0. The van der Waals surface area contributed by atoms with Crippen molar-refractivity contribution in [3.63, 3.8) is 0 Å². The fourth-order valence-corrected chi connectivity index (χ4v) is 14.8. The highest BCUT2D eigenvalue weighted by Crippen LogP contribution is 2.33. The number of rotatable bonds is 9. The van der Waals surface area contributed by atoms with Gasteiger partial charge in [0.1, 0.15) is 0 Å². The summed E-state index contributed by atoms with van der Waals surface area (Å²) < 4.78 is 5.44. The summed E-state index contributed by atoms with van der Waals surface area (Å²) in [6.45, 7) is 7.19. The number of hydrogen-bond donors (Lipinski definition) is 0. The Morgan fingerprint density at radius 3 is 0.884 bits per heavy atom. The smallest absolute Gasteiger partial charge is 0.240 e. The van der Waals surface area contributed by atoms with E-state index in [0.717, 1.165) is 0 Å². The van der Waals surface area contributed by atoms with Gasteiger partial charge in [0.15, 0.2) is 0 Å². The van der Waals surface area contributed by atoms with Crippen molar-refractivity contribution in [2.75, 3.05) is 9.35 Å². The lowest BCUT2D eigenvalue weighted by Gasteiger charge is -2.55. The van der Waals surface area contributed by atoms with Gasteiger partial charge in [0, 0.05) is 11.4 Å². The van der Waals surface area contributed by atoms with Crippen molar-refractivity contribution in [1.82, 2.24) is 0 Å². The van der Waals surface area contributed by atoms with Crippen LogP contribution in [-0.2, 0) is 0 Å². The van der Waals surface area contributed by atoms with E-state index >= 15 is 0 Å². The molecule has 212 valence electrons. The van der Waals surface area contributed by atoms with Gasteiger partial charge in [-0.1, -0.05) is 157 Å². The first kappa shape index (κ1) is 28.5. The van der Waals surface area contributed by atoms with Crippen molar-refractivity contribution in [2.45, 2.75) is 20.0 Å². The van der Waals surface area contributed by atoms with Crippen LogP contribution in [0.4, 0.5) is 11.4 Å². The largest absolute Gasteiger partial charge is 0.310 e. The minimum absolute atomic E-state index is 1.19. The molecular formula is C39H38N2Si2. The van der Waals surface area contributed by atoms with E-state index in [0.29, 0.717) is 0 Å². The molecule has 0 amide bonds. The van der Waals surface area contributed by atoms with Crippen LogP contribution in [0.15, 0.2) is 176 Å². The van der Waals surface area contributed by atoms with Crippen LogP contribution in [-0.4, -0.2) is 16.5 Å². The molecule has 0 aliphatic heterocycles. The highest BCUT2D eigenvalue weighted by atomic mass is 28.3. The Labute approximate surface area is 258 Å². The Balaban J connectivity index is 1.76. The van der Waals surface area contributed by atoms with E-state index in [9.17, 15) is 0 Å². The summed E-state index contributed by atoms with van der Waals surface area (Å²) in [5.41, 5.74) is 3.64. The van der Waals surface area contributed by atoms with Crippen LogP contribution in [0.2, 0.25) is 13.1 Å². The predicted octanol–water partition coefficient (Wildman–Crippen LogP) is 7.00. The molecule has 43 heavy (non-hydrogen) atoms. The van der Waals surface area contributed by atoms with Crippen LogP contribution >= 0.6 is 0 Å². The first-order valence-corrected chi connectivity index (χ1v) is 19.9. The fraction of sp³-hybridized carbons (Fsp3) is 0.0769. The number of para-hydroxylation sites is 1. The molecule has 0 saturated carbocycles. The van der Waals surface area contributed by atoms with E-state index in [2.05, 4.69) is 205 Å². The van der Waals surface area contributed by atoms with Crippen LogP contribution < -0.4 is 30.1 Å². The van der Waals surface area contributed by atoms with Crippen LogP contribution in [0.1, 0.15) is 5.56 Å². The fourth-order valence-electron chi connectivity index (χ4n) is 6.28. The molecule has 0 bridgehead atoms. The molecule has 0 spiro atoms. The molecule has 0 unspecified atom stereocenters. The lowest BCUT2D eigenvalue weighted by molar-refractivity contribution is 1.07. The molecule has 0 fully saturated rings.